The molecule has 1 aliphatic heterocycles. The van der Waals surface area contributed by atoms with Crippen LogP contribution in [-0.2, 0) is 14.8 Å². The molecule has 0 spiro atoms. The van der Waals surface area contributed by atoms with Gasteiger partial charge < -0.3 is 4.90 Å². The van der Waals surface area contributed by atoms with Crippen LogP contribution in [0.5, 0.6) is 0 Å². The molecular weight excluding hydrogens is 360 g/mol. The van der Waals surface area contributed by atoms with E-state index in [1.54, 1.807) is 47.4 Å². The molecule has 0 aliphatic carbocycles. The van der Waals surface area contributed by atoms with Gasteiger partial charge in [-0.1, -0.05) is 37.3 Å². The first kappa shape index (κ1) is 19.4. The standard InChI is InChI=1S/C21H26N2O3S/c1-17-8-6-10-19(14-17)23(27(25,26)20-11-4-3-5-12-20)16-21(24)22-13-7-9-18(2)15-22/h3-6,8,10-12,14,18H,7,9,13,15-16H2,1-2H3/t18-/m1/s1. The van der Waals surface area contributed by atoms with Crippen LogP contribution in [0.3, 0.4) is 0 Å². The average molecular weight is 387 g/mol. The van der Waals surface area contributed by atoms with E-state index in [0.29, 0.717) is 24.7 Å². The van der Waals surface area contributed by atoms with Crippen LogP contribution in [-0.4, -0.2) is 38.9 Å². The molecule has 1 aliphatic rings. The third-order valence-corrected chi connectivity index (χ3v) is 6.70. The van der Waals surface area contributed by atoms with Crippen LogP contribution >= 0.6 is 0 Å². The summed E-state index contributed by atoms with van der Waals surface area (Å²) in [6.07, 6.45) is 2.07. The highest BCUT2D eigenvalue weighted by Gasteiger charge is 2.30. The van der Waals surface area contributed by atoms with E-state index in [9.17, 15) is 13.2 Å². The molecule has 27 heavy (non-hydrogen) atoms. The number of carbonyl (C=O) groups is 1. The van der Waals surface area contributed by atoms with Crippen molar-refractivity contribution in [3.05, 3.63) is 60.2 Å². The quantitative estimate of drug-likeness (QED) is 0.791. The Morgan fingerprint density at radius 2 is 1.89 bits per heavy atom. The molecule has 1 fully saturated rings. The van der Waals surface area contributed by atoms with Crippen LogP contribution in [0.15, 0.2) is 59.5 Å². The van der Waals surface area contributed by atoms with E-state index in [2.05, 4.69) is 6.92 Å². The summed E-state index contributed by atoms with van der Waals surface area (Å²) in [5.41, 5.74) is 1.46. The lowest BCUT2D eigenvalue weighted by molar-refractivity contribution is -0.131. The maximum absolute atomic E-state index is 13.3. The molecule has 1 heterocycles. The fourth-order valence-electron chi connectivity index (χ4n) is 3.46. The molecule has 0 radical (unpaired) electrons. The molecule has 1 atom stereocenters. The number of hydrogen-bond acceptors (Lipinski definition) is 3. The highest BCUT2D eigenvalue weighted by Crippen LogP contribution is 2.25. The van der Waals surface area contributed by atoms with Gasteiger partial charge in [0.2, 0.25) is 5.91 Å². The van der Waals surface area contributed by atoms with Crippen molar-refractivity contribution in [2.45, 2.75) is 31.6 Å². The Bertz CT molecular complexity index is 897. The summed E-state index contributed by atoms with van der Waals surface area (Å²) in [4.78, 5) is 14.9. The third kappa shape index (κ3) is 4.50. The second-order valence-corrected chi connectivity index (χ2v) is 9.11. The van der Waals surface area contributed by atoms with Crippen molar-refractivity contribution in [1.29, 1.82) is 0 Å². The monoisotopic (exact) mass is 386 g/mol. The maximum Gasteiger partial charge on any atom is 0.264 e. The van der Waals surface area contributed by atoms with E-state index in [0.717, 1.165) is 18.4 Å². The first-order chi connectivity index (χ1) is 12.9. The topological polar surface area (TPSA) is 57.7 Å². The van der Waals surface area contributed by atoms with Gasteiger partial charge in [0.25, 0.3) is 10.0 Å². The van der Waals surface area contributed by atoms with Gasteiger partial charge in [0.15, 0.2) is 0 Å². The van der Waals surface area contributed by atoms with Gasteiger partial charge >= 0.3 is 0 Å². The van der Waals surface area contributed by atoms with E-state index in [4.69, 9.17) is 0 Å². The fourth-order valence-corrected chi connectivity index (χ4v) is 4.88. The second-order valence-electron chi connectivity index (χ2n) is 7.25. The summed E-state index contributed by atoms with van der Waals surface area (Å²) in [5.74, 6) is 0.295. The van der Waals surface area contributed by atoms with E-state index < -0.39 is 10.0 Å². The van der Waals surface area contributed by atoms with Crippen molar-refractivity contribution in [2.24, 2.45) is 5.92 Å². The highest BCUT2D eigenvalue weighted by atomic mass is 32.2. The molecule has 6 heteroatoms. The molecule has 144 valence electrons. The summed E-state index contributed by atoms with van der Waals surface area (Å²) in [5, 5.41) is 0. The molecular formula is C21H26N2O3S. The zero-order valence-corrected chi connectivity index (χ0v) is 16.7. The molecule has 2 aromatic rings. The average Bonchev–Trinajstić information content (AvgIpc) is 2.66. The van der Waals surface area contributed by atoms with Crippen LogP contribution in [0.4, 0.5) is 5.69 Å². The van der Waals surface area contributed by atoms with Gasteiger partial charge in [-0.25, -0.2) is 8.42 Å². The largest absolute Gasteiger partial charge is 0.341 e. The summed E-state index contributed by atoms with van der Waals surface area (Å²) in [7, 11) is -3.83. The van der Waals surface area contributed by atoms with Gasteiger partial charge in [-0.2, -0.15) is 0 Å². The number of sulfonamides is 1. The number of rotatable bonds is 5. The van der Waals surface area contributed by atoms with Crippen molar-refractivity contribution in [1.82, 2.24) is 4.90 Å². The van der Waals surface area contributed by atoms with Crippen LogP contribution in [0, 0.1) is 12.8 Å². The number of amides is 1. The van der Waals surface area contributed by atoms with Gasteiger partial charge in [-0.05, 0) is 55.5 Å². The van der Waals surface area contributed by atoms with E-state index in [1.807, 2.05) is 19.1 Å². The Labute approximate surface area is 161 Å². The van der Waals surface area contributed by atoms with Gasteiger partial charge in [0, 0.05) is 13.1 Å². The Hall–Kier alpha value is -2.34. The number of aryl methyl sites for hydroxylation is 1. The number of likely N-dealkylation sites (tertiary alicyclic amines) is 1. The SMILES string of the molecule is Cc1cccc(N(CC(=O)N2CCC[C@@H](C)C2)S(=O)(=O)c2ccccc2)c1. The van der Waals surface area contributed by atoms with Gasteiger partial charge in [0.1, 0.15) is 6.54 Å². The van der Waals surface area contributed by atoms with Crippen LogP contribution in [0.2, 0.25) is 0 Å². The Morgan fingerprint density at radius 3 is 2.56 bits per heavy atom. The lowest BCUT2D eigenvalue weighted by atomic mass is 10.0. The van der Waals surface area contributed by atoms with Crippen molar-refractivity contribution < 1.29 is 13.2 Å². The minimum atomic E-state index is -3.83. The van der Waals surface area contributed by atoms with E-state index in [-0.39, 0.29) is 17.3 Å². The molecule has 2 aromatic carbocycles. The zero-order valence-electron chi connectivity index (χ0n) is 15.8. The number of anilines is 1. The van der Waals surface area contributed by atoms with Crippen molar-refractivity contribution in [2.75, 3.05) is 23.9 Å². The number of hydrogen-bond donors (Lipinski definition) is 0. The molecule has 0 saturated carbocycles. The number of carbonyl (C=O) groups excluding carboxylic acids is 1. The van der Waals surface area contributed by atoms with E-state index >= 15 is 0 Å². The predicted octanol–water partition coefficient (Wildman–Crippen LogP) is 3.45. The number of piperidine rings is 1. The van der Waals surface area contributed by atoms with E-state index in [1.165, 1.54) is 4.31 Å². The normalized spacial score (nSPS) is 17.6. The summed E-state index contributed by atoms with van der Waals surface area (Å²) in [6, 6.07) is 15.5. The zero-order chi connectivity index (χ0) is 19.4. The lowest BCUT2D eigenvalue weighted by Gasteiger charge is -2.33. The Balaban J connectivity index is 1.94. The van der Waals surface area contributed by atoms with Gasteiger partial charge in [0.05, 0.1) is 10.6 Å². The van der Waals surface area contributed by atoms with Crippen molar-refractivity contribution in [3.8, 4) is 0 Å². The number of nitrogens with zero attached hydrogens (tertiary/aromatic N) is 2. The molecule has 0 bridgehead atoms. The molecule has 0 N–H and O–H groups in total. The number of benzene rings is 2. The Kier molecular flexibility index (Phi) is 5.85. The first-order valence-corrected chi connectivity index (χ1v) is 10.7. The molecule has 5 nitrogen and oxygen atoms in total. The van der Waals surface area contributed by atoms with Crippen molar-refractivity contribution in [3.63, 3.8) is 0 Å². The maximum atomic E-state index is 13.3. The predicted molar refractivity (Wildman–Crippen MR) is 107 cm³/mol. The highest BCUT2D eigenvalue weighted by molar-refractivity contribution is 7.92. The first-order valence-electron chi connectivity index (χ1n) is 9.30. The van der Waals surface area contributed by atoms with Crippen LogP contribution in [0.1, 0.15) is 25.3 Å². The third-order valence-electron chi connectivity index (χ3n) is 4.91. The summed E-state index contributed by atoms with van der Waals surface area (Å²) >= 11 is 0. The van der Waals surface area contributed by atoms with Gasteiger partial charge in [-0.3, -0.25) is 9.10 Å². The second kappa shape index (κ2) is 8.13. The minimum Gasteiger partial charge on any atom is -0.341 e. The molecule has 0 unspecified atom stereocenters. The molecule has 1 amide bonds. The summed E-state index contributed by atoms with van der Waals surface area (Å²) in [6.45, 7) is 5.22. The Morgan fingerprint density at radius 1 is 1.15 bits per heavy atom. The smallest absolute Gasteiger partial charge is 0.264 e. The van der Waals surface area contributed by atoms with Crippen LogP contribution in [0.25, 0.3) is 0 Å². The fraction of sp³-hybridized carbons (Fsp3) is 0.381. The van der Waals surface area contributed by atoms with Crippen LogP contribution < -0.4 is 4.31 Å². The summed E-state index contributed by atoms with van der Waals surface area (Å²) < 4.78 is 27.8. The lowest BCUT2D eigenvalue weighted by Crippen LogP contribution is -2.46. The van der Waals surface area contributed by atoms with Crippen molar-refractivity contribution >= 4 is 21.6 Å². The van der Waals surface area contributed by atoms with Gasteiger partial charge in [-0.15, -0.1) is 0 Å². The molecule has 0 aromatic heterocycles. The minimum absolute atomic E-state index is 0.150. The molecule has 1 saturated heterocycles. The molecule has 3 rings (SSSR count).